The molecule has 3 aliphatic heterocycles. The van der Waals surface area contributed by atoms with Crippen LogP contribution in [0.15, 0.2) is 0 Å². The molecule has 21 heavy (non-hydrogen) atoms. The van der Waals surface area contributed by atoms with Crippen LogP contribution in [0.5, 0.6) is 0 Å². The van der Waals surface area contributed by atoms with Gasteiger partial charge in [-0.1, -0.05) is 0 Å². The summed E-state index contributed by atoms with van der Waals surface area (Å²) in [5, 5.41) is 3.35. The van der Waals surface area contributed by atoms with Crippen molar-refractivity contribution in [3.8, 4) is 0 Å². The van der Waals surface area contributed by atoms with Gasteiger partial charge in [-0.25, -0.2) is 0 Å². The highest BCUT2D eigenvalue weighted by Crippen LogP contribution is 2.23. The molecular weight excluding hydrogens is 309 g/mol. The van der Waals surface area contributed by atoms with E-state index in [1.807, 2.05) is 0 Å². The number of likely N-dealkylation sites (tertiary alicyclic amines) is 2. The van der Waals surface area contributed by atoms with E-state index in [0.717, 1.165) is 45.1 Å². The first kappa shape index (κ1) is 19.0. The Morgan fingerprint density at radius 1 is 0.905 bits per heavy atom. The maximum atomic E-state index is 12.5. The van der Waals surface area contributed by atoms with Crippen LogP contribution >= 0.6 is 24.8 Å². The van der Waals surface area contributed by atoms with Gasteiger partial charge in [0.1, 0.15) is 0 Å². The van der Waals surface area contributed by atoms with E-state index >= 15 is 0 Å². The van der Waals surface area contributed by atoms with E-state index in [0.29, 0.717) is 5.91 Å². The highest BCUT2D eigenvalue weighted by Gasteiger charge is 2.31. The third kappa shape index (κ3) is 4.72. The molecule has 124 valence electrons. The number of halogens is 2. The van der Waals surface area contributed by atoms with Gasteiger partial charge in [-0.3, -0.25) is 4.79 Å². The Morgan fingerprint density at radius 3 is 2.14 bits per heavy atom. The minimum atomic E-state index is 0. The topological polar surface area (TPSA) is 35.6 Å². The van der Waals surface area contributed by atoms with Crippen molar-refractivity contribution >= 4 is 30.7 Å². The lowest BCUT2D eigenvalue weighted by atomic mass is 9.96. The number of carbonyl (C=O) groups excluding carboxylic acids is 1. The third-order valence-electron chi connectivity index (χ3n) is 5.08. The second-order valence-electron chi connectivity index (χ2n) is 6.34. The van der Waals surface area contributed by atoms with Crippen molar-refractivity contribution in [1.82, 2.24) is 15.1 Å². The molecule has 1 N–H and O–H groups in total. The molecular formula is C15H29Cl2N3O. The fourth-order valence-electron chi connectivity index (χ4n) is 3.88. The Kier molecular flexibility index (Phi) is 8.32. The fourth-order valence-corrected chi connectivity index (χ4v) is 3.88. The molecule has 0 aliphatic carbocycles. The fraction of sp³-hybridized carbons (Fsp3) is 0.933. The summed E-state index contributed by atoms with van der Waals surface area (Å²) < 4.78 is 0. The maximum Gasteiger partial charge on any atom is 0.226 e. The average molecular weight is 338 g/mol. The van der Waals surface area contributed by atoms with Crippen LogP contribution < -0.4 is 5.32 Å². The SMILES string of the molecule is Cl.Cl.O=C([C@@H]1CCCNC1)N1CCC(N2CCCC2)CC1. The van der Waals surface area contributed by atoms with Gasteiger partial charge in [0.05, 0.1) is 5.92 Å². The number of nitrogens with zero attached hydrogens (tertiary/aromatic N) is 2. The molecule has 3 aliphatic rings. The second-order valence-corrected chi connectivity index (χ2v) is 6.34. The average Bonchev–Trinajstić information content (AvgIpc) is 3.02. The van der Waals surface area contributed by atoms with Crippen LogP contribution in [-0.4, -0.2) is 61.0 Å². The van der Waals surface area contributed by atoms with Crippen LogP contribution in [0.3, 0.4) is 0 Å². The molecule has 0 aromatic heterocycles. The summed E-state index contributed by atoms with van der Waals surface area (Å²) in [6.45, 7) is 6.51. The monoisotopic (exact) mass is 337 g/mol. The Hall–Kier alpha value is -0.0300. The molecule has 0 saturated carbocycles. The zero-order valence-corrected chi connectivity index (χ0v) is 14.4. The molecule has 0 aromatic rings. The number of amides is 1. The van der Waals surface area contributed by atoms with Gasteiger partial charge in [-0.2, -0.15) is 0 Å². The Labute approximate surface area is 140 Å². The quantitative estimate of drug-likeness (QED) is 0.836. The highest BCUT2D eigenvalue weighted by atomic mass is 35.5. The van der Waals surface area contributed by atoms with Gasteiger partial charge in [0.15, 0.2) is 0 Å². The van der Waals surface area contributed by atoms with Crippen LogP contribution in [-0.2, 0) is 4.79 Å². The second kappa shape index (κ2) is 9.19. The van der Waals surface area contributed by atoms with Crippen LogP contribution in [0.2, 0.25) is 0 Å². The lowest BCUT2D eigenvalue weighted by Crippen LogP contribution is -2.49. The zero-order valence-electron chi connectivity index (χ0n) is 12.8. The molecule has 3 rings (SSSR count). The van der Waals surface area contributed by atoms with Gasteiger partial charge in [-0.15, -0.1) is 24.8 Å². The molecule has 1 atom stereocenters. The summed E-state index contributed by atoms with van der Waals surface area (Å²) >= 11 is 0. The van der Waals surface area contributed by atoms with Crippen molar-refractivity contribution in [2.24, 2.45) is 5.92 Å². The van der Waals surface area contributed by atoms with Crippen molar-refractivity contribution < 1.29 is 4.79 Å². The van der Waals surface area contributed by atoms with Gasteiger partial charge < -0.3 is 15.1 Å². The lowest BCUT2D eigenvalue weighted by molar-refractivity contribution is -0.137. The molecule has 0 spiro atoms. The largest absolute Gasteiger partial charge is 0.342 e. The van der Waals surface area contributed by atoms with Crippen molar-refractivity contribution in [3.63, 3.8) is 0 Å². The molecule has 3 heterocycles. The molecule has 4 nitrogen and oxygen atoms in total. The minimum Gasteiger partial charge on any atom is -0.342 e. The van der Waals surface area contributed by atoms with E-state index in [-0.39, 0.29) is 30.7 Å². The van der Waals surface area contributed by atoms with E-state index < -0.39 is 0 Å². The number of piperidine rings is 2. The summed E-state index contributed by atoms with van der Waals surface area (Å²) in [6.07, 6.45) is 7.34. The zero-order chi connectivity index (χ0) is 13.1. The highest BCUT2D eigenvalue weighted by molar-refractivity contribution is 5.85. The van der Waals surface area contributed by atoms with Gasteiger partial charge in [0.25, 0.3) is 0 Å². The number of hydrogen-bond donors (Lipinski definition) is 1. The van der Waals surface area contributed by atoms with Gasteiger partial charge in [0.2, 0.25) is 5.91 Å². The third-order valence-corrected chi connectivity index (χ3v) is 5.08. The maximum absolute atomic E-state index is 12.5. The summed E-state index contributed by atoms with van der Waals surface area (Å²) in [5.74, 6) is 0.657. The van der Waals surface area contributed by atoms with Crippen molar-refractivity contribution in [1.29, 1.82) is 0 Å². The molecule has 0 bridgehead atoms. The molecule has 0 aromatic carbocycles. The Morgan fingerprint density at radius 2 is 1.57 bits per heavy atom. The van der Waals surface area contributed by atoms with Crippen molar-refractivity contribution in [3.05, 3.63) is 0 Å². The molecule has 3 saturated heterocycles. The first-order valence-electron chi connectivity index (χ1n) is 8.08. The molecule has 0 radical (unpaired) electrons. The standard InChI is InChI=1S/C15H27N3O.2ClH/c19-15(13-4-3-7-16-12-13)18-10-5-14(6-11-18)17-8-1-2-9-17;;/h13-14,16H,1-12H2;2*1H/t13-;;/m1../s1. The molecule has 3 fully saturated rings. The predicted molar refractivity (Wildman–Crippen MR) is 90.5 cm³/mol. The van der Waals surface area contributed by atoms with Crippen LogP contribution in [0, 0.1) is 5.92 Å². The van der Waals surface area contributed by atoms with Crippen molar-refractivity contribution in [2.75, 3.05) is 39.3 Å². The summed E-state index contributed by atoms with van der Waals surface area (Å²) in [6, 6.07) is 0.746. The number of nitrogens with one attached hydrogen (secondary N) is 1. The summed E-state index contributed by atoms with van der Waals surface area (Å²) in [4.78, 5) is 17.2. The molecule has 1 amide bonds. The Balaban J connectivity index is 0.00000110. The molecule has 0 unspecified atom stereocenters. The Bertz CT molecular complexity index is 310. The lowest BCUT2D eigenvalue weighted by Gasteiger charge is -2.38. The van der Waals surface area contributed by atoms with Gasteiger partial charge in [0, 0.05) is 25.7 Å². The van der Waals surface area contributed by atoms with E-state index in [1.165, 1.54) is 38.8 Å². The van der Waals surface area contributed by atoms with Crippen LogP contribution in [0.4, 0.5) is 0 Å². The smallest absolute Gasteiger partial charge is 0.226 e. The van der Waals surface area contributed by atoms with E-state index in [2.05, 4.69) is 15.1 Å². The number of carbonyl (C=O) groups is 1. The minimum absolute atomic E-state index is 0. The van der Waals surface area contributed by atoms with Crippen molar-refractivity contribution in [2.45, 2.75) is 44.6 Å². The van der Waals surface area contributed by atoms with E-state index in [9.17, 15) is 4.79 Å². The first-order valence-corrected chi connectivity index (χ1v) is 8.08. The van der Waals surface area contributed by atoms with Crippen LogP contribution in [0.1, 0.15) is 38.5 Å². The number of rotatable bonds is 2. The summed E-state index contributed by atoms with van der Waals surface area (Å²) in [7, 11) is 0. The van der Waals surface area contributed by atoms with Crippen LogP contribution in [0.25, 0.3) is 0 Å². The van der Waals surface area contributed by atoms with E-state index in [4.69, 9.17) is 0 Å². The normalized spacial score (nSPS) is 27.8. The van der Waals surface area contributed by atoms with Gasteiger partial charge >= 0.3 is 0 Å². The van der Waals surface area contributed by atoms with E-state index in [1.54, 1.807) is 0 Å². The molecule has 6 heteroatoms. The van der Waals surface area contributed by atoms with Gasteiger partial charge in [-0.05, 0) is 58.2 Å². The summed E-state index contributed by atoms with van der Waals surface area (Å²) in [5.41, 5.74) is 0. The predicted octanol–water partition coefficient (Wildman–Crippen LogP) is 1.92. The number of hydrogen-bond acceptors (Lipinski definition) is 3. The first-order chi connectivity index (χ1) is 9.34.